The molecule has 0 amide bonds. The Morgan fingerprint density at radius 2 is 1.73 bits per heavy atom. The van der Waals surface area contributed by atoms with E-state index in [1.165, 1.54) is 0 Å². The fourth-order valence-corrected chi connectivity index (χ4v) is 0.982. The Morgan fingerprint density at radius 3 is 2.07 bits per heavy atom. The lowest BCUT2D eigenvalue weighted by Crippen LogP contribution is -2.40. The molecule has 4 N–H and O–H groups in total. The molecule has 0 fully saturated rings. The lowest BCUT2D eigenvalue weighted by molar-refractivity contribution is -0.161. The first-order valence-electron chi connectivity index (χ1n) is 4.33. The van der Waals surface area contributed by atoms with Crippen LogP contribution >= 0.6 is 0 Å². The summed E-state index contributed by atoms with van der Waals surface area (Å²) in [6.07, 6.45) is -5.32. The zero-order valence-corrected chi connectivity index (χ0v) is 8.16. The van der Waals surface area contributed by atoms with Crippen molar-refractivity contribution in [3.8, 4) is 0 Å². The average molecular weight is 222 g/mol. The Kier molecular flexibility index (Phi) is 5.83. The number of aliphatic hydroxyl groups excluding tert-OH is 2. The van der Waals surface area contributed by atoms with Crippen LogP contribution in [0, 0.1) is 0 Å². The van der Waals surface area contributed by atoms with Crippen molar-refractivity contribution in [1.29, 1.82) is 0 Å². The molecule has 0 aromatic rings. The Labute approximate surface area is 85.9 Å². The summed E-state index contributed by atoms with van der Waals surface area (Å²) in [6, 6.07) is 0. The van der Waals surface area contributed by atoms with Crippen molar-refractivity contribution >= 4 is 11.9 Å². The highest BCUT2D eigenvalue weighted by Crippen LogP contribution is 2.09. The maximum absolute atomic E-state index is 10.4. The van der Waals surface area contributed by atoms with Gasteiger partial charge in [-0.1, -0.05) is 0 Å². The molecule has 0 bridgehead atoms. The first-order valence-corrected chi connectivity index (χ1v) is 4.33. The van der Waals surface area contributed by atoms with Gasteiger partial charge in [-0.3, -0.25) is 0 Å². The van der Waals surface area contributed by atoms with Gasteiger partial charge < -0.3 is 25.2 Å². The number of hydrogen-bond donors (Lipinski definition) is 4. The summed E-state index contributed by atoms with van der Waals surface area (Å²) >= 11 is 0. The van der Waals surface area contributed by atoms with Gasteiger partial charge in [0.05, 0.1) is 6.10 Å². The van der Waals surface area contributed by atoms with E-state index >= 15 is 0 Å². The van der Waals surface area contributed by atoms with Crippen molar-refractivity contribution in [3.05, 3.63) is 0 Å². The van der Waals surface area contributed by atoms with E-state index in [0.717, 1.165) is 0 Å². The van der Waals surface area contributed by atoms with Gasteiger partial charge in [-0.2, -0.15) is 0 Å². The van der Waals surface area contributed by atoms with Gasteiger partial charge in [0.15, 0.2) is 12.2 Å². The maximum Gasteiger partial charge on any atom is 0.335 e. The molecule has 0 aromatic heterocycles. The van der Waals surface area contributed by atoms with Gasteiger partial charge in [-0.05, 0) is 6.92 Å². The molecule has 0 aliphatic carbocycles. The second-order valence-electron chi connectivity index (χ2n) is 2.87. The number of aliphatic carboxylic acids is 2. The van der Waals surface area contributed by atoms with Crippen LogP contribution in [0.4, 0.5) is 0 Å². The normalized spacial score (nSPS) is 16.7. The van der Waals surface area contributed by atoms with E-state index in [2.05, 4.69) is 0 Å². The standard InChI is InChI=1S/C8H14O7/c1-2-15-5(6(10)8(13)14)3-4(9)7(11)12/h4-6,9-10H,2-3H2,1H3,(H,11,12)(H,13,14). The molecule has 0 aliphatic rings. The second kappa shape index (κ2) is 6.33. The van der Waals surface area contributed by atoms with Crippen LogP contribution in [0.5, 0.6) is 0 Å². The highest BCUT2D eigenvalue weighted by Gasteiger charge is 2.30. The highest BCUT2D eigenvalue weighted by molar-refractivity contribution is 5.74. The quantitative estimate of drug-likeness (QED) is 0.420. The predicted octanol–water partition coefficient (Wildman–Crippen LogP) is -1.33. The van der Waals surface area contributed by atoms with Crippen molar-refractivity contribution in [2.24, 2.45) is 0 Å². The van der Waals surface area contributed by atoms with Gasteiger partial charge in [-0.15, -0.1) is 0 Å². The number of ether oxygens (including phenoxy) is 1. The van der Waals surface area contributed by atoms with Crippen LogP contribution in [0.25, 0.3) is 0 Å². The molecule has 0 saturated heterocycles. The van der Waals surface area contributed by atoms with Crippen LogP contribution in [0.1, 0.15) is 13.3 Å². The molecule has 0 heterocycles. The minimum Gasteiger partial charge on any atom is -0.479 e. The molecule has 7 heteroatoms. The summed E-state index contributed by atoms with van der Waals surface area (Å²) in [6.45, 7) is 1.68. The molecule has 7 nitrogen and oxygen atoms in total. The smallest absolute Gasteiger partial charge is 0.335 e. The monoisotopic (exact) mass is 222 g/mol. The van der Waals surface area contributed by atoms with Crippen LogP contribution in [-0.2, 0) is 14.3 Å². The lowest BCUT2D eigenvalue weighted by atomic mass is 10.1. The summed E-state index contributed by atoms with van der Waals surface area (Å²) in [5.74, 6) is -3.01. The number of hydrogen-bond acceptors (Lipinski definition) is 5. The summed E-state index contributed by atoms with van der Waals surface area (Å²) in [7, 11) is 0. The molecule has 3 unspecified atom stereocenters. The van der Waals surface area contributed by atoms with Crippen molar-refractivity contribution < 1.29 is 34.8 Å². The number of aliphatic hydroxyl groups is 2. The molecule has 3 atom stereocenters. The number of carbonyl (C=O) groups is 2. The van der Waals surface area contributed by atoms with Crippen LogP contribution in [0.15, 0.2) is 0 Å². The van der Waals surface area contributed by atoms with E-state index in [1.54, 1.807) is 6.92 Å². The first-order chi connectivity index (χ1) is 6.90. The zero-order chi connectivity index (χ0) is 12.0. The van der Waals surface area contributed by atoms with Crippen LogP contribution < -0.4 is 0 Å². The second-order valence-corrected chi connectivity index (χ2v) is 2.87. The third kappa shape index (κ3) is 4.73. The number of rotatable bonds is 7. The Hall–Kier alpha value is -1.18. The fourth-order valence-electron chi connectivity index (χ4n) is 0.982. The van der Waals surface area contributed by atoms with E-state index in [1.807, 2.05) is 0 Å². The molecule has 0 aliphatic heterocycles. The molecular formula is C8H14O7. The van der Waals surface area contributed by atoms with Crippen LogP contribution in [-0.4, -0.2) is 57.3 Å². The fraction of sp³-hybridized carbons (Fsp3) is 0.750. The minimum atomic E-state index is -1.85. The van der Waals surface area contributed by atoms with Crippen LogP contribution in [0.2, 0.25) is 0 Å². The summed E-state index contributed by atoms with van der Waals surface area (Å²) < 4.78 is 4.83. The summed E-state index contributed by atoms with van der Waals surface area (Å²) in [5, 5.41) is 34.9. The van der Waals surface area contributed by atoms with Crippen LogP contribution in [0.3, 0.4) is 0 Å². The maximum atomic E-state index is 10.4. The van der Waals surface area contributed by atoms with Gasteiger partial charge in [0, 0.05) is 13.0 Å². The third-order valence-corrected chi connectivity index (χ3v) is 1.73. The van der Waals surface area contributed by atoms with Crippen molar-refractivity contribution in [1.82, 2.24) is 0 Å². The van der Waals surface area contributed by atoms with E-state index in [0.29, 0.717) is 0 Å². The van der Waals surface area contributed by atoms with Gasteiger partial charge in [0.25, 0.3) is 0 Å². The Bertz CT molecular complexity index is 227. The average Bonchev–Trinajstić information content (AvgIpc) is 2.15. The molecule has 0 saturated carbocycles. The van der Waals surface area contributed by atoms with E-state index in [4.69, 9.17) is 25.2 Å². The Morgan fingerprint density at radius 1 is 1.20 bits per heavy atom. The summed E-state index contributed by atoms with van der Waals surface area (Å²) in [4.78, 5) is 20.7. The third-order valence-electron chi connectivity index (χ3n) is 1.73. The lowest BCUT2D eigenvalue weighted by Gasteiger charge is -2.20. The van der Waals surface area contributed by atoms with E-state index in [-0.39, 0.29) is 6.61 Å². The van der Waals surface area contributed by atoms with Crippen molar-refractivity contribution in [2.45, 2.75) is 31.7 Å². The van der Waals surface area contributed by atoms with E-state index in [9.17, 15) is 9.59 Å². The predicted molar refractivity (Wildman–Crippen MR) is 47.3 cm³/mol. The molecule has 0 spiro atoms. The first kappa shape index (κ1) is 13.8. The highest BCUT2D eigenvalue weighted by atomic mass is 16.5. The number of carboxylic acids is 2. The minimum absolute atomic E-state index is 0.112. The molecular weight excluding hydrogens is 208 g/mol. The zero-order valence-electron chi connectivity index (χ0n) is 8.16. The SMILES string of the molecule is CCOC(CC(O)C(=O)O)C(O)C(=O)O. The van der Waals surface area contributed by atoms with Gasteiger partial charge in [-0.25, -0.2) is 9.59 Å². The van der Waals surface area contributed by atoms with Crippen molar-refractivity contribution in [3.63, 3.8) is 0 Å². The van der Waals surface area contributed by atoms with Crippen molar-refractivity contribution in [2.75, 3.05) is 6.61 Å². The molecule has 0 aromatic carbocycles. The van der Waals surface area contributed by atoms with Gasteiger partial charge >= 0.3 is 11.9 Å². The summed E-state index contributed by atoms with van der Waals surface area (Å²) in [5.41, 5.74) is 0. The molecule has 88 valence electrons. The Balaban J connectivity index is 4.39. The molecule has 0 rings (SSSR count). The molecule has 0 radical (unpaired) electrons. The van der Waals surface area contributed by atoms with Gasteiger partial charge in [0.2, 0.25) is 0 Å². The number of carboxylic acid groups (broad SMARTS) is 2. The topological polar surface area (TPSA) is 124 Å². The largest absolute Gasteiger partial charge is 0.479 e. The molecule has 15 heavy (non-hydrogen) atoms. The van der Waals surface area contributed by atoms with E-state index < -0.39 is 36.7 Å². The van der Waals surface area contributed by atoms with Gasteiger partial charge in [0.1, 0.15) is 0 Å².